The molecular formula is C24H29N6O8P. The summed E-state index contributed by atoms with van der Waals surface area (Å²) >= 11 is 0. The molecule has 0 bridgehead atoms. The number of aromatic nitrogens is 3. The number of nitrogens with one attached hydrogen (secondary N) is 1. The molecule has 1 saturated heterocycles. The van der Waals surface area contributed by atoms with Crippen molar-refractivity contribution in [1.29, 1.82) is 5.26 Å². The number of carbonyl (C=O) groups is 1. The summed E-state index contributed by atoms with van der Waals surface area (Å²) in [5.41, 5.74) is 4.25. The van der Waals surface area contributed by atoms with E-state index in [1.54, 1.807) is 38.1 Å². The van der Waals surface area contributed by atoms with Gasteiger partial charge >= 0.3 is 13.7 Å². The van der Waals surface area contributed by atoms with E-state index in [2.05, 4.69) is 15.2 Å². The second-order valence-electron chi connectivity index (χ2n) is 9.13. The van der Waals surface area contributed by atoms with Crippen LogP contribution in [0.25, 0.3) is 5.52 Å². The Bertz CT molecular complexity index is 1410. The number of nitriles is 1. The predicted octanol–water partition coefficient (Wildman–Crippen LogP) is 1.28. The minimum Gasteiger partial charge on any atom is -0.462 e. The number of carbonyl (C=O) groups excluding carboxylic acids is 1. The molecular weight excluding hydrogens is 531 g/mol. The van der Waals surface area contributed by atoms with Gasteiger partial charge in [0, 0.05) is 0 Å². The number of hydrogen-bond acceptors (Lipinski definition) is 12. The quantitative estimate of drug-likeness (QED) is 0.204. The van der Waals surface area contributed by atoms with E-state index in [1.807, 2.05) is 6.07 Å². The van der Waals surface area contributed by atoms with Gasteiger partial charge < -0.3 is 29.9 Å². The van der Waals surface area contributed by atoms with E-state index in [9.17, 15) is 24.8 Å². The Hall–Kier alpha value is -3.57. The maximum absolute atomic E-state index is 13.7. The van der Waals surface area contributed by atoms with Gasteiger partial charge in [-0.3, -0.25) is 9.32 Å². The van der Waals surface area contributed by atoms with Crippen LogP contribution in [0.3, 0.4) is 0 Å². The molecule has 1 fully saturated rings. The molecule has 6 atom stereocenters. The molecule has 14 nitrogen and oxygen atoms in total. The number of esters is 1. The fourth-order valence-electron chi connectivity index (χ4n) is 4.06. The van der Waals surface area contributed by atoms with Gasteiger partial charge in [-0.1, -0.05) is 18.2 Å². The number of fused-ring (bicyclic) bond motifs is 1. The van der Waals surface area contributed by atoms with Crippen LogP contribution in [0, 0.1) is 11.3 Å². The highest BCUT2D eigenvalue weighted by molar-refractivity contribution is 7.52. The van der Waals surface area contributed by atoms with Crippen molar-refractivity contribution < 1.29 is 38.1 Å². The first-order valence-electron chi connectivity index (χ1n) is 12.0. The second kappa shape index (κ2) is 11.3. The number of para-hydroxylation sites is 1. The number of rotatable bonds is 10. The van der Waals surface area contributed by atoms with Gasteiger partial charge in [0.2, 0.25) is 5.60 Å². The molecule has 5 N–H and O–H groups in total. The minimum absolute atomic E-state index is 0.0926. The number of nitrogen functional groups attached to an aromatic ring is 1. The fraction of sp³-hybridized carbons (Fsp3) is 0.417. The lowest BCUT2D eigenvalue weighted by Crippen LogP contribution is -2.41. The Balaban J connectivity index is 1.58. The molecule has 1 aromatic carbocycles. The van der Waals surface area contributed by atoms with Gasteiger partial charge in [-0.15, -0.1) is 0 Å². The zero-order chi connectivity index (χ0) is 28.4. The van der Waals surface area contributed by atoms with E-state index in [4.69, 9.17) is 24.3 Å². The maximum atomic E-state index is 13.7. The molecule has 0 aliphatic carbocycles. The van der Waals surface area contributed by atoms with E-state index in [-0.39, 0.29) is 17.3 Å². The zero-order valence-corrected chi connectivity index (χ0v) is 22.3. The average molecular weight is 561 g/mol. The number of ether oxygens (including phenoxy) is 2. The van der Waals surface area contributed by atoms with Crippen molar-refractivity contribution in [2.45, 2.75) is 56.8 Å². The van der Waals surface area contributed by atoms with Gasteiger partial charge in [0.1, 0.15) is 48.0 Å². The van der Waals surface area contributed by atoms with E-state index >= 15 is 0 Å². The SMILES string of the molecule is CC(C)OC(=O)[C@H](C)NP(=O)(OCC1O[C@@](C#N)(c2ccc3c(N)ncnn23)[C@H](O)[C@@H]1O)Oc1ccccc1. The van der Waals surface area contributed by atoms with Gasteiger partial charge in [0.05, 0.1) is 18.4 Å². The van der Waals surface area contributed by atoms with Gasteiger partial charge in [0.15, 0.2) is 5.82 Å². The van der Waals surface area contributed by atoms with Crippen molar-refractivity contribution >= 4 is 25.1 Å². The number of nitrogens with zero attached hydrogens (tertiary/aromatic N) is 4. The summed E-state index contributed by atoms with van der Waals surface area (Å²) in [4.78, 5) is 16.2. The first-order valence-corrected chi connectivity index (χ1v) is 13.6. The summed E-state index contributed by atoms with van der Waals surface area (Å²) in [6.45, 7) is 4.17. The predicted molar refractivity (Wildman–Crippen MR) is 136 cm³/mol. The lowest BCUT2D eigenvalue weighted by atomic mass is 9.92. The normalized spacial score (nSPS) is 25.2. The Morgan fingerprint density at radius 3 is 2.67 bits per heavy atom. The number of benzene rings is 1. The third kappa shape index (κ3) is 5.74. The monoisotopic (exact) mass is 560 g/mol. The van der Waals surface area contributed by atoms with Crippen LogP contribution >= 0.6 is 7.75 Å². The smallest absolute Gasteiger partial charge is 0.459 e. The molecule has 0 amide bonds. The largest absolute Gasteiger partial charge is 0.462 e. The number of anilines is 1. The van der Waals surface area contributed by atoms with Crippen LogP contribution in [0.4, 0.5) is 5.82 Å². The van der Waals surface area contributed by atoms with Crippen molar-refractivity contribution in [2.75, 3.05) is 12.3 Å². The van der Waals surface area contributed by atoms with Gasteiger partial charge in [-0.25, -0.2) is 14.1 Å². The molecule has 2 aromatic heterocycles. The van der Waals surface area contributed by atoms with Crippen LogP contribution in [0.5, 0.6) is 5.75 Å². The topological polar surface area (TPSA) is 204 Å². The highest BCUT2D eigenvalue weighted by Crippen LogP contribution is 2.47. The highest BCUT2D eigenvalue weighted by Gasteiger charge is 2.58. The molecule has 0 saturated carbocycles. The van der Waals surface area contributed by atoms with Crippen LogP contribution in [0.1, 0.15) is 26.5 Å². The molecule has 3 heterocycles. The minimum atomic E-state index is -4.30. The van der Waals surface area contributed by atoms with Crippen LogP contribution in [0.2, 0.25) is 0 Å². The Labute approximate surface area is 223 Å². The van der Waals surface area contributed by atoms with Crippen molar-refractivity contribution in [3.05, 3.63) is 54.5 Å². The van der Waals surface area contributed by atoms with Gasteiger partial charge in [-0.05, 0) is 45.0 Å². The number of aliphatic hydroxyl groups excluding tert-OH is 2. The van der Waals surface area contributed by atoms with E-state index in [1.165, 1.54) is 36.0 Å². The number of hydrogen-bond donors (Lipinski definition) is 4. The molecule has 1 aliphatic heterocycles. The lowest BCUT2D eigenvalue weighted by molar-refractivity contribution is -0.149. The standard InChI is InChI=1S/C24H29N6O8P/c1-14(2)36-23(33)15(3)29-39(34,38-16-7-5-4-6-8-16)35-11-18-20(31)21(32)24(12-25,37-18)19-10-9-17-22(26)27-13-28-30(17)19/h4-10,13-15,18,20-21,31-32H,11H2,1-3H3,(H,29,34)(H2,26,27,28)/t15-,18?,20+,21+,24-,39?/m0/s1. The van der Waals surface area contributed by atoms with Crippen LogP contribution in [-0.2, 0) is 29.0 Å². The van der Waals surface area contributed by atoms with Crippen LogP contribution < -0.4 is 15.3 Å². The molecule has 0 spiro atoms. The average Bonchev–Trinajstić information content (AvgIpc) is 3.44. The summed E-state index contributed by atoms with van der Waals surface area (Å²) in [6.07, 6.45) is -3.96. The summed E-state index contributed by atoms with van der Waals surface area (Å²) in [5, 5.41) is 38.4. The van der Waals surface area contributed by atoms with Crippen molar-refractivity contribution in [2.24, 2.45) is 0 Å². The maximum Gasteiger partial charge on any atom is 0.459 e. The zero-order valence-electron chi connectivity index (χ0n) is 21.4. The first kappa shape index (κ1) is 28.4. The molecule has 3 aromatic rings. The van der Waals surface area contributed by atoms with E-state index in [0.29, 0.717) is 5.52 Å². The molecule has 4 rings (SSSR count). The first-order chi connectivity index (χ1) is 18.5. The molecule has 208 valence electrons. The molecule has 39 heavy (non-hydrogen) atoms. The van der Waals surface area contributed by atoms with E-state index < -0.39 is 56.4 Å². The number of aliphatic hydroxyl groups is 2. The highest BCUT2D eigenvalue weighted by atomic mass is 31.2. The summed E-state index contributed by atoms with van der Waals surface area (Å²) < 4.78 is 37.2. The third-order valence-corrected chi connectivity index (χ3v) is 7.57. The fourth-order valence-corrected chi connectivity index (χ4v) is 5.56. The van der Waals surface area contributed by atoms with Crippen LogP contribution in [-0.4, -0.2) is 67.8 Å². The van der Waals surface area contributed by atoms with Gasteiger partial charge in [-0.2, -0.15) is 15.4 Å². The molecule has 2 unspecified atom stereocenters. The Morgan fingerprint density at radius 2 is 2.00 bits per heavy atom. The van der Waals surface area contributed by atoms with E-state index in [0.717, 1.165) is 0 Å². The van der Waals surface area contributed by atoms with Gasteiger partial charge in [0.25, 0.3) is 0 Å². The lowest BCUT2D eigenvalue weighted by Gasteiger charge is -2.25. The van der Waals surface area contributed by atoms with Crippen molar-refractivity contribution in [3.63, 3.8) is 0 Å². The summed E-state index contributed by atoms with van der Waals surface area (Å²) in [5.74, 6) is -0.385. The third-order valence-electron chi connectivity index (χ3n) is 5.92. The molecule has 0 radical (unpaired) electrons. The Kier molecular flexibility index (Phi) is 8.22. The van der Waals surface area contributed by atoms with Crippen molar-refractivity contribution in [1.82, 2.24) is 19.7 Å². The Morgan fingerprint density at radius 1 is 1.28 bits per heavy atom. The summed E-state index contributed by atoms with van der Waals surface area (Å²) in [7, 11) is -4.30. The molecule has 15 heteroatoms. The molecule has 1 aliphatic rings. The second-order valence-corrected chi connectivity index (χ2v) is 10.8. The van der Waals surface area contributed by atoms with Crippen molar-refractivity contribution in [3.8, 4) is 11.8 Å². The van der Waals surface area contributed by atoms with Crippen LogP contribution in [0.15, 0.2) is 48.8 Å². The summed E-state index contributed by atoms with van der Waals surface area (Å²) in [6, 6.07) is 11.9. The number of nitrogens with two attached hydrogens (primary N) is 1.